The van der Waals surface area contributed by atoms with Crippen molar-refractivity contribution in [1.82, 2.24) is 4.90 Å². The molecule has 2 rings (SSSR count). The lowest BCUT2D eigenvalue weighted by molar-refractivity contribution is 0.335. The van der Waals surface area contributed by atoms with Gasteiger partial charge in [0.2, 0.25) is 0 Å². The number of nitrogens with zero attached hydrogens (tertiary/aromatic N) is 2. The smallest absolute Gasteiger partial charge is 0.0622 e. The van der Waals surface area contributed by atoms with Gasteiger partial charge in [0.05, 0.1) is 6.07 Å². The normalized spacial score (nSPS) is 14.2. The molecule has 1 aliphatic rings. The van der Waals surface area contributed by atoms with Crippen LogP contribution in [0.4, 0.5) is 0 Å². The summed E-state index contributed by atoms with van der Waals surface area (Å²) in [5, 5.41) is 8.53. The summed E-state index contributed by atoms with van der Waals surface area (Å²) in [5.74, 6) is 0. The van der Waals surface area contributed by atoms with Gasteiger partial charge in [-0.1, -0.05) is 18.2 Å². The van der Waals surface area contributed by atoms with Gasteiger partial charge in [-0.05, 0) is 68.8 Å². The van der Waals surface area contributed by atoms with Crippen LogP contribution in [-0.2, 0) is 19.3 Å². The Bertz CT molecular complexity index is 445. The van der Waals surface area contributed by atoms with Crippen molar-refractivity contribution in [3.63, 3.8) is 0 Å². The average molecular weight is 256 g/mol. The zero-order chi connectivity index (χ0) is 13.5. The Hall–Kier alpha value is -1.33. The van der Waals surface area contributed by atoms with Crippen molar-refractivity contribution in [1.29, 1.82) is 5.26 Å². The summed E-state index contributed by atoms with van der Waals surface area (Å²) in [6.07, 6.45) is 8.01. The van der Waals surface area contributed by atoms with E-state index in [2.05, 4.69) is 36.2 Å². The molecule has 19 heavy (non-hydrogen) atoms. The van der Waals surface area contributed by atoms with E-state index in [1.807, 2.05) is 0 Å². The van der Waals surface area contributed by atoms with E-state index in [9.17, 15) is 0 Å². The Morgan fingerprint density at radius 2 is 1.95 bits per heavy atom. The first-order chi connectivity index (χ1) is 9.29. The van der Waals surface area contributed by atoms with E-state index in [1.165, 1.54) is 31.2 Å². The van der Waals surface area contributed by atoms with Crippen LogP contribution >= 0.6 is 0 Å². The Labute approximate surface area is 117 Å². The summed E-state index contributed by atoms with van der Waals surface area (Å²) in [4.78, 5) is 2.33. The lowest BCUT2D eigenvalue weighted by atomic mass is 9.90. The SMILES string of the molecule is CN(CCCC#N)CCc1ccc2c(c1)CCCC2. The lowest BCUT2D eigenvalue weighted by Crippen LogP contribution is -2.22. The maximum absolute atomic E-state index is 8.53. The molecule has 0 saturated carbocycles. The highest BCUT2D eigenvalue weighted by molar-refractivity contribution is 5.33. The van der Waals surface area contributed by atoms with Crippen LogP contribution in [0.3, 0.4) is 0 Å². The maximum Gasteiger partial charge on any atom is 0.0622 e. The molecule has 0 unspecified atom stereocenters. The van der Waals surface area contributed by atoms with Gasteiger partial charge >= 0.3 is 0 Å². The standard InChI is InChI=1S/C17H24N2/c1-19(12-5-4-11-18)13-10-15-8-9-16-6-2-3-7-17(16)14-15/h8-9,14H,2-7,10,12-13H2,1H3. The lowest BCUT2D eigenvalue weighted by Gasteiger charge is -2.18. The molecule has 0 radical (unpaired) electrons. The first-order valence-electron chi connectivity index (χ1n) is 7.46. The third kappa shape index (κ3) is 4.36. The van der Waals surface area contributed by atoms with Crippen LogP contribution in [0.5, 0.6) is 0 Å². The number of hydrogen-bond acceptors (Lipinski definition) is 2. The number of fused-ring (bicyclic) bond motifs is 1. The Balaban J connectivity index is 1.81. The van der Waals surface area contributed by atoms with Crippen molar-refractivity contribution < 1.29 is 0 Å². The van der Waals surface area contributed by atoms with Crippen LogP contribution in [0, 0.1) is 11.3 Å². The number of aryl methyl sites for hydroxylation is 2. The highest BCUT2D eigenvalue weighted by Crippen LogP contribution is 2.22. The molecule has 0 N–H and O–H groups in total. The van der Waals surface area contributed by atoms with E-state index >= 15 is 0 Å². The summed E-state index contributed by atoms with van der Waals surface area (Å²) in [7, 11) is 2.15. The van der Waals surface area contributed by atoms with Crippen LogP contribution in [0.2, 0.25) is 0 Å². The van der Waals surface area contributed by atoms with Gasteiger partial charge in [0.15, 0.2) is 0 Å². The van der Waals surface area contributed by atoms with Crippen molar-refractivity contribution in [3.05, 3.63) is 34.9 Å². The largest absolute Gasteiger partial charge is 0.306 e. The molecule has 0 fully saturated rings. The van der Waals surface area contributed by atoms with Crippen molar-refractivity contribution in [3.8, 4) is 6.07 Å². The van der Waals surface area contributed by atoms with Gasteiger partial charge in [0.25, 0.3) is 0 Å². The van der Waals surface area contributed by atoms with Crippen LogP contribution < -0.4 is 0 Å². The van der Waals surface area contributed by atoms with E-state index in [-0.39, 0.29) is 0 Å². The minimum absolute atomic E-state index is 0.670. The number of likely N-dealkylation sites (N-methyl/N-ethyl adjacent to an activating group) is 1. The van der Waals surface area contributed by atoms with Gasteiger partial charge in [-0.3, -0.25) is 0 Å². The highest BCUT2D eigenvalue weighted by Gasteiger charge is 2.09. The maximum atomic E-state index is 8.53. The molecule has 1 aromatic rings. The summed E-state index contributed by atoms with van der Waals surface area (Å²) >= 11 is 0. The summed E-state index contributed by atoms with van der Waals surface area (Å²) in [5.41, 5.74) is 4.61. The molecule has 0 amide bonds. The zero-order valence-electron chi connectivity index (χ0n) is 12.0. The Morgan fingerprint density at radius 1 is 1.16 bits per heavy atom. The van der Waals surface area contributed by atoms with Gasteiger partial charge in [-0.25, -0.2) is 0 Å². The third-order valence-corrected chi connectivity index (χ3v) is 4.02. The van der Waals surface area contributed by atoms with Crippen molar-refractivity contribution >= 4 is 0 Å². The molecule has 1 aliphatic carbocycles. The Kier molecular flexibility index (Phi) is 5.42. The van der Waals surface area contributed by atoms with Crippen LogP contribution in [0.15, 0.2) is 18.2 Å². The minimum atomic E-state index is 0.670. The van der Waals surface area contributed by atoms with Gasteiger partial charge in [0, 0.05) is 13.0 Å². The molecular weight excluding hydrogens is 232 g/mol. The van der Waals surface area contributed by atoms with Gasteiger partial charge in [0.1, 0.15) is 0 Å². The molecule has 0 bridgehead atoms. The number of nitriles is 1. The second-order valence-corrected chi connectivity index (χ2v) is 5.63. The quantitative estimate of drug-likeness (QED) is 0.730. The molecular formula is C17H24N2. The number of benzene rings is 1. The summed E-state index contributed by atoms with van der Waals surface area (Å²) in [6.45, 7) is 2.11. The van der Waals surface area contributed by atoms with Crippen LogP contribution in [0.1, 0.15) is 42.4 Å². The van der Waals surface area contributed by atoms with Crippen LogP contribution in [0.25, 0.3) is 0 Å². The molecule has 2 heteroatoms. The first kappa shape index (κ1) is 14.1. The van der Waals surface area contributed by atoms with Gasteiger partial charge in [-0.2, -0.15) is 5.26 Å². The summed E-state index contributed by atoms with van der Waals surface area (Å²) < 4.78 is 0. The molecule has 102 valence electrons. The van der Waals surface area contributed by atoms with Gasteiger partial charge in [-0.15, -0.1) is 0 Å². The molecule has 0 heterocycles. The fourth-order valence-corrected chi connectivity index (χ4v) is 2.80. The predicted octanol–water partition coefficient (Wildman–Crippen LogP) is 3.34. The fraction of sp³-hybridized carbons (Fsp3) is 0.588. The summed E-state index contributed by atoms with van der Waals surface area (Å²) in [6, 6.07) is 9.25. The molecule has 0 aromatic heterocycles. The highest BCUT2D eigenvalue weighted by atomic mass is 15.1. The molecule has 1 aromatic carbocycles. The topological polar surface area (TPSA) is 27.0 Å². The average Bonchev–Trinajstić information content (AvgIpc) is 2.45. The second kappa shape index (κ2) is 7.31. The first-order valence-corrected chi connectivity index (χ1v) is 7.46. The van der Waals surface area contributed by atoms with E-state index in [1.54, 1.807) is 11.1 Å². The third-order valence-electron chi connectivity index (χ3n) is 4.02. The molecule has 2 nitrogen and oxygen atoms in total. The van der Waals surface area contributed by atoms with Gasteiger partial charge < -0.3 is 4.90 Å². The number of rotatable bonds is 6. The predicted molar refractivity (Wildman–Crippen MR) is 79.1 cm³/mol. The zero-order valence-corrected chi connectivity index (χ0v) is 12.0. The second-order valence-electron chi connectivity index (χ2n) is 5.63. The minimum Gasteiger partial charge on any atom is -0.306 e. The van der Waals surface area contributed by atoms with E-state index in [4.69, 9.17) is 5.26 Å². The molecule has 0 aliphatic heterocycles. The van der Waals surface area contributed by atoms with E-state index in [0.29, 0.717) is 6.42 Å². The Morgan fingerprint density at radius 3 is 2.74 bits per heavy atom. The monoisotopic (exact) mass is 256 g/mol. The molecule has 0 atom stereocenters. The van der Waals surface area contributed by atoms with Crippen LogP contribution in [-0.4, -0.2) is 25.0 Å². The molecule has 0 spiro atoms. The van der Waals surface area contributed by atoms with E-state index < -0.39 is 0 Å². The van der Waals surface area contributed by atoms with Crippen molar-refractivity contribution in [2.75, 3.05) is 20.1 Å². The van der Waals surface area contributed by atoms with E-state index in [0.717, 1.165) is 25.9 Å². The number of unbranched alkanes of at least 4 members (excludes halogenated alkanes) is 1. The number of hydrogen-bond donors (Lipinski definition) is 0. The van der Waals surface area contributed by atoms with Crippen molar-refractivity contribution in [2.24, 2.45) is 0 Å². The fourth-order valence-electron chi connectivity index (χ4n) is 2.80. The molecule has 0 saturated heterocycles. The van der Waals surface area contributed by atoms with Crippen molar-refractivity contribution in [2.45, 2.75) is 44.9 Å².